The predicted molar refractivity (Wildman–Crippen MR) is 119 cm³/mol. The molecule has 3 N–H and O–H groups in total. The molecule has 0 aliphatic carbocycles. The lowest BCUT2D eigenvalue weighted by Crippen LogP contribution is -2.49. The minimum Gasteiger partial charge on any atom is -0.355 e. The molecule has 10 heteroatoms. The van der Waals surface area contributed by atoms with E-state index in [9.17, 15) is 8.42 Å². The third-order valence-electron chi connectivity index (χ3n) is 4.16. The number of rotatable bonds is 8. The highest BCUT2D eigenvalue weighted by Gasteiger charge is 2.19. The maximum atomic E-state index is 12.0. The molecule has 26 heavy (non-hydrogen) atoms. The summed E-state index contributed by atoms with van der Waals surface area (Å²) in [5.41, 5.74) is 0. The highest BCUT2D eigenvalue weighted by Crippen LogP contribution is 2.14. The maximum Gasteiger partial charge on any atom is 0.250 e. The van der Waals surface area contributed by atoms with Gasteiger partial charge in [0.05, 0.1) is 0 Å². The summed E-state index contributed by atoms with van der Waals surface area (Å²) in [6.45, 7) is 6.41. The Bertz CT molecular complexity index is 629. The number of nitrogens with zero attached hydrogens (tertiary/aromatic N) is 2. The van der Waals surface area contributed by atoms with Crippen molar-refractivity contribution in [1.82, 2.24) is 20.3 Å². The fourth-order valence-corrected chi connectivity index (χ4v) is 4.93. The zero-order valence-corrected chi connectivity index (χ0v) is 19.4. The minimum absolute atomic E-state index is 0. The standard InChI is InChI=1S/C16H29N5O2S2.HI/c1-3-10-21-11-6-14(7-12-21)20-16(17-2)18-8-9-19-25(22,23)15-5-4-13-24-15;/h4-5,13-14,19H,3,6-12H2,1-2H3,(H2,17,18,20);1H. The van der Waals surface area contributed by atoms with Crippen LogP contribution < -0.4 is 15.4 Å². The first-order valence-corrected chi connectivity index (χ1v) is 11.1. The molecule has 0 amide bonds. The van der Waals surface area contributed by atoms with Gasteiger partial charge >= 0.3 is 0 Å². The van der Waals surface area contributed by atoms with Gasteiger partial charge in [0.2, 0.25) is 10.0 Å². The number of halogens is 1. The average molecular weight is 515 g/mol. The van der Waals surface area contributed by atoms with E-state index in [1.807, 2.05) is 0 Å². The summed E-state index contributed by atoms with van der Waals surface area (Å²) in [5.74, 6) is 0.726. The van der Waals surface area contributed by atoms with Gasteiger partial charge in [-0.15, -0.1) is 35.3 Å². The Balaban J connectivity index is 0.00000338. The van der Waals surface area contributed by atoms with Gasteiger partial charge in [-0.1, -0.05) is 13.0 Å². The number of nitrogens with one attached hydrogen (secondary N) is 3. The van der Waals surface area contributed by atoms with Crippen LogP contribution in [0.3, 0.4) is 0 Å². The van der Waals surface area contributed by atoms with Crippen LogP contribution in [0.4, 0.5) is 0 Å². The van der Waals surface area contributed by atoms with Crippen molar-refractivity contribution in [3.8, 4) is 0 Å². The third-order valence-corrected chi connectivity index (χ3v) is 7.02. The third kappa shape index (κ3) is 7.67. The monoisotopic (exact) mass is 515 g/mol. The first kappa shape index (κ1) is 23.6. The van der Waals surface area contributed by atoms with Gasteiger partial charge in [0.15, 0.2) is 5.96 Å². The molecule has 1 aromatic rings. The smallest absolute Gasteiger partial charge is 0.250 e. The zero-order valence-electron chi connectivity index (χ0n) is 15.4. The van der Waals surface area contributed by atoms with Crippen molar-refractivity contribution in [3.63, 3.8) is 0 Å². The van der Waals surface area contributed by atoms with Crippen molar-refractivity contribution in [2.75, 3.05) is 39.8 Å². The fourth-order valence-electron chi connectivity index (χ4n) is 2.86. The quantitative estimate of drug-likeness (QED) is 0.212. The molecule has 7 nitrogen and oxygen atoms in total. The first-order valence-electron chi connectivity index (χ1n) is 8.78. The van der Waals surface area contributed by atoms with Crippen molar-refractivity contribution in [2.45, 2.75) is 36.4 Å². The van der Waals surface area contributed by atoms with Crippen LogP contribution in [0.1, 0.15) is 26.2 Å². The number of hydrogen-bond acceptors (Lipinski definition) is 5. The normalized spacial score (nSPS) is 16.9. The van der Waals surface area contributed by atoms with Gasteiger partial charge < -0.3 is 15.5 Å². The molecule has 0 saturated carbocycles. The van der Waals surface area contributed by atoms with Crippen molar-refractivity contribution in [2.24, 2.45) is 4.99 Å². The Morgan fingerprint density at radius 2 is 2.08 bits per heavy atom. The topological polar surface area (TPSA) is 85.8 Å². The molecule has 2 heterocycles. The summed E-state index contributed by atoms with van der Waals surface area (Å²) in [7, 11) is -1.66. The lowest BCUT2D eigenvalue weighted by atomic mass is 10.1. The van der Waals surface area contributed by atoms with E-state index in [-0.39, 0.29) is 24.0 Å². The van der Waals surface area contributed by atoms with Gasteiger partial charge in [-0.25, -0.2) is 13.1 Å². The predicted octanol–water partition coefficient (Wildman–Crippen LogP) is 1.68. The van der Waals surface area contributed by atoms with Gasteiger partial charge in [-0.05, 0) is 37.3 Å². The van der Waals surface area contributed by atoms with Crippen LogP contribution in [0.2, 0.25) is 0 Å². The molecule has 0 spiro atoms. The molecular formula is C16H30IN5O2S2. The maximum absolute atomic E-state index is 12.0. The zero-order chi connectivity index (χ0) is 18.1. The lowest BCUT2D eigenvalue weighted by Gasteiger charge is -2.32. The highest BCUT2D eigenvalue weighted by atomic mass is 127. The largest absolute Gasteiger partial charge is 0.355 e. The van der Waals surface area contributed by atoms with Crippen LogP contribution in [0.15, 0.2) is 26.7 Å². The molecule has 1 aliphatic heterocycles. The number of thiophene rings is 1. The number of piperidine rings is 1. The van der Waals surface area contributed by atoms with Gasteiger partial charge in [0, 0.05) is 39.3 Å². The SMILES string of the molecule is CCCN1CCC(NC(=NC)NCCNS(=O)(=O)c2cccs2)CC1.I. The molecule has 0 atom stereocenters. The summed E-state index contributed by atoms with van der Waals surface area (Å²) < 4.78 is 27.0. The number of aliphatic imine (C=N–C) groups is 1. The van der Waals surface area contributed by atoms with E-state index >= 15 is 0 Å². The minimum atomic E-state index is -3.40. The summed E-state index contributed by atoms with van der Waals surface area (Å²) in [6.07, 6.45) is 3.40. The van der Waals surface area contributed by atoms with Crippen LogP contribution in [-0.4, -0.2) is 65.1 Å². The lowest BCUT2D eigenvalue weighted by molar-refractivity contribution is 0.206. The van der Waals surface area contributed by atoms with E-state index in [4.69, 9.17) is 0 Å². The Labute approximate surface area is 178 Å². The second kappa shape index (κ2) is 12.1. The number of guanidine groups is 1. The molecule has 150 valence electrons. The second-order valence-corrected chi connectivity index (χ2v) is 9.03. The Kier molecular flexibility index (Phi) is 11.0. The van der Waals surface area contributed by atoms with Gasteiger partial charge in [-0.2, -0.15) is 0 Å². The molecule has 0 bridgehead atoms. The summed E-state index contributed by atoms with van der Waals surface area (Å²) >= 11 is 1.21. The van der Waals surface area contributed by atoms with Crippen LogP contribution in [-0.2, 0) is 10.0 Å². The molecular weight excluding hydrogens is 485 g/mol. The van der Waals surface area contributed by atoms with Crippen molar-refractivity contribution in [3.05, 3.63) is 17.5 Å². The number of hydrogen-bond donors (Lipinski definition) is 3. The van der Waals surface area contributed by atoms with Crippen molar-refractivity contribution < 1.29 is 8.42 Å². The first-order chi connectivity index (χ1) is 12.0. The van der Waals surface area contributed by atoms with Crippen LogP contribution in [0.5, 0.6) is 0 Å². The van der Waals surface area contributed by atoms with Gasteiger partial charge in [-0.3, -0.25) is 4.99 Å². The van der Waals surface area contributed by atoms with E-state index in [2.05, 4.69) is 32.2 Å². The van der Waals surface area contributed by atoms with Crippen LogP contribution >= 0.6 is 35.3 Å². The second-order valence-electron chi connectivity index (χ2n) is 6.09. The van der Waals surface area contributed by atoms with Gasteiger partial charge in [0.1, 0.15) is 4.21 Å². The summed E-state index contributed by atoms with van der Waals surface area (Å²) in [5, 5.41) is 8.36. The van der Waals surface area contributed by atoms with E-state index in [0.29, 0.717) is 23.3 Å². The fraction of sp³-hybridized carbons (Fsp3) is 0.688. The molecule has 0 unspecified atom stereocenters. The molecule has 2 rings (SSSR count). The van der Waals surface area contributed by atoms with E-state index in [0.717, 1.165) is 31.9 Å². The number of likely N-dealkylation sites (tertiary alicyclic amines) is 1. The van der Waals surface area contributed by atoms with Crippen molar-refractivity contribution in [1.29, 1.82) is 0 Å². The highest BCUT2D eigenvalue weighted by molar-refractivity contribution is 14.0. The Morgan fingerprint density at radius 1 is 1.35 bits per heavy atom. The Morgan fingerprint density at radius 3 is 2.65 bits per heavy atom. The Hall–Kier alpha value is -0.430. The molecule has 1 fully saturated rings. The van der Waals surface area contributed by atoms with E-state index in [1.54, 1.807) is 24.6 Å². The van der Waals surface area contributed by atoms with Crippen LogP contribution in [0, 0.1) is 0 Å². The number of sulfonamides is 1. The van der Waals surface area contributed by atoms with Crippen LogP contribution in [0.25, 0.3) is 0 Å². The van der Waals surface area contributed by atoms with E-state index < -0.39 is 10.0 Å². The molecule has 0 aromatic carbocycles. The molecule has 1 aliphatic rings. The molecule has 0 radical (unpaired) electrons. The molecule has 1 aromatic heterocycles. The summed E-state index contributed by atoms with van der Waals surface area (Å²) in [4.78, 5) is 6.72. The van der Waals surface area contributed by atoms with Crippen molar-refractivity contribution >= 4 is 51.3 Å². The summed E-state index contributed by atoms with van der Waals surface area (Å²) in [6, 6.07) is 3.75. The van der Waals surface area contributed by atoms with Gasteiger partial charge in [0.25, 0.3) is 0 Å². The van der Waals surface area contributed by atoms with E-state index in [1.165, 1.54) is 24.3 Å². The average Bonchev–Trinajstić information content (AvgIpc) is 3.15. The molecule has 1 saturated heterocycles.